The number of rotatable bonds is 5. The molecule has 0 spiro atoms. The highest BCUT2D eigenvalue weighted by Gasteiger charge is 2.26. The van der Waals surface area contributed by atoms with E-state index in [2.05, 4.69) is 0 Å². The second kappa shape index (κ2) is 6.39. The van der Waals surface area contributed by atoms with Crippen molar-refractivity contribution in [3.63, 3.8) is 0 Å². The highest BCUT2D eigenvalue weighted by atomic mass is 32.2. The Bertz CT molecular complexity index is 485. The molecule has 0 saturated heterocycles. The quantitative estimate of drug-likeness (QED) is 0.844. The van der Waals surface area contributed by atoms with E-state index in [1.807, 2.05) is 18.2 Å². The molecule has 2 rings (SSSR count). The Morgan fingerprint density at radius 1 is 1.30 bits per heavy atom. The lowest BCUT2D eigenvalue weighted by molar-refractivity contribution is -0.146. The Kier molecular flexibility index (Phi) is 4.81. The molecule has 0 bridgehead atoms. The van der Waals surface area contributed by atoms with Gasteiger partial charge in [0.2, 0.25) is 0 Å². The molecule has 5 heteroatoms. The first-order valence-corrected chi connectivity index (χ1v) is 7.73. The van der Waals surface area contributed by atoms with Crippen LogP contribution in [-0.4, -0.2) is 30.0 Å². The highest BCUT2D eigenvalue weighted by molar-refractivity contribution is 7.99. The molecule has 0 saturated carbocycles. The summed E-state index contributed by atoms with van der Waals surface area (Å²) >= 11 is 1.65. The van der Waals surface area contributed by atoms with Crippen LogP contribution in [0.25, 0.3) is 0 Å². The molecule has 1 heterocycles. The Hall–Kier alpha value is -1.36. The van der Waals surface area contributed by atoms with Crippen molar-refractivity contribution >= 4 is 17.7 Å². The van der Waals surface area contributed by atoms with Gasteiger partial charge in [0.1, 0.15) is 0 Å². The number of carboxylic acids is 1. The Labute approximate surface area is 123 Å². The van der Waals surface area contributed by atoms with Crippen molar-refractivity contribution in [1.29, 1.82) is 0 Å². The second-order valence-corrected chi connectivity index (χ2v) is 6.61. The van der Waals surface area contributed by atoms with E-state index in [4.69, 9.17) is 14.6 Å². The number of fused-ring (bicyclic) bond motifs is 1. The summed E-state index contributed by atoms with van der Waals surface area (Å²) in [5, 5.41) is 9.08. The Morgan fingerprint density at radius 3 is 2.70 bits per heavy atom. The van der Waals surface area contributed by atoms with Crippen molar-refractivity contribution < 1.29 is 19.4 Å². The standard InChI is InChI=1S/C15H20O4S/c1-15(2,14(16)17)6-9-20-11-4-5-12-13(10-11)19-8-3-7-18-12/h4-5,10H,3,6-9H2,1-2H3,(H,16,17). The third-order valence-electron chi connectivity index (χ3n) is 3.29. The minimum atomic E-state index is -0.753. The van der Waals surface area contributed by atoms with Crippen LogP contribution in [0.5, 0.6) is 11.5 Å². The van der Waals surface area contributed by atoms with Crippen molar-refractivity contribution in [2.24, 2.45) is 5.41 Å². The van der Waals surface area contributed by atoms with Crippen molar-refractivity contribution in [3.05, 3.63) is 18.2 Å². The van der Waals surface area contributed by atoms with Gasteiger partial charge in [-0.15, -0.1) is 11.8 Å². The average Bonchev–Trinajstić information content (AvgIpc) is 2.63. The Morgan fingerprint density at radius 2 is 2.00 bits per heavy atom. The summed E-state index contributed by atoms with van der Waals surface area (Å²) in [7, 11) is 0. The zero-order valence-corrected chi connectivity index (χ0v) is 12.7. The number of carboxylic acid groups (broad SMARTS) is 1. The lowest BCUT2D eigenvalue weighted by Crippen LogP contribution is -2.24. The van der Waals surface area contributed by atoms with E-state index in [0.29, 0.717) is 19.6 Å². The summed E-state index contributed by atoms with van der Waals surface area (Å²) in [5.41, 5.74) is -0.682. The number of thioether (sulfide) groups is 1. The first-order chi connectivity index (χ1) is 9.49. The van der Waals surface area contributed by atoms with E-state index >= 15 is 0 Å². The normalized spacial score (nSPS) is 14.7. The van der Waals surface area contributed by atoms with Crippen molar-refractivity contribution in [2.45, 2.75) is 31.6 Å². The van der Waals surface area contributed by atoms with Gasteiger partial charge in [0.25, 0.3) is 0 Å². The van der Waals surface area contributed by atoms with E-state index in [9.17, 15) is 4.79 Å². The van der Waals surface area contributed by atoms with Gasteiger partial charge < -0.3 is 14.6 Å². The Balaban J connectivity index is 1.94. The number of hydrogen-bond donors (Lipinski definition) is 1. The molecule has 1 aliphatic rings. The van der Waals surface area contributed by atoms with Gasteiger partial charge in [0, 0.05) is 11.3 Å². The first kappa shape index (κ1) is 15.0. The molecular formula is C15H20O4S. The molecule has 1 aromatic carbocycles. The van der Waals surface area contributed by atoms with Crippen LogP contribution >= 0.6 is 11.8 Å². The maximum absolute atomic E-state index is 11.0. The fraction of sp³-hybridized carbons (Fsp3) is 0.533. The first-order valence-electron chi connectivity index (χ1n) is 6.75. The molecule has 110 valence electrons. The molecule has 4 nitrogen and oxygen atoms in total. The number of ether oxygens (including phenoxy) is 2. The van der Waals surface area contributed by atoms with Gasteiger partial charge in [-0.2, -0.15) is 0 Å². The summed E-state index contributed by atoms with van der Waals surface area (Å²) in [6, 6.07) is 5.89. The summed E-state index contributed by atoms with van der Waals surface area (Å²) in [4.78, 5) is 12.1. The van der Waals surface area contributed by atoms with Gasteiger partial charge in [0.15, 0.2) is 11.5 Å². The van der Waals surface area contributed by atoms with Crippen LogP contribution < -0.4 is 9.47 Å². The van der Waals surface area contributed by atoms with Gasteiger partial charge in [-0.05, 0) is 44.2 Å². The van der Waals surface area contributed by atoms with Crippen LogP contribution in [0.15, 0.2) is 23.1 Å². The predicted octanol–water partition coefficient (Wildman–Crippen LogP) is 3.44. The van der Waals surface area contributed by atoms with Crippen LogP contribution in [0.2, 0.25) is 0 Å². The van der Waals surface area contributed by atoms with Crippen molar-refractivity contribution in [1.82, 2.24) is 0 Å². The molecule has 0 aromatic heterocycles. The lowest BCUT2D eigenvalue weighted by atomic mass is 9.91. The molecular weight excluding hydrogens is 276 g/mol. The fourth-order valence-electron chi connectivity index (χ4n) is 1.76. The average molecular weight is 296 g/mol. The minimum Gasteiger partial charge on any atom is -0.490 e. The highest BCUT2D eigenvalue weighted by Crippen LogP contribution is 2.35. The third-order valence-corrected chi connectivity index (χ3v) is 4.29. The molecule has 0 unspecified atom stereocenters. The van der Waals surface area contributed by atoms with Gasteiger partial charge in [-0.1, -0.05) is 0 Å². The van der Waals surface area contributed by atoms with Crippen LogP contribution in [0, 0.1) is 5.41 Å². The van der Waals surface area contributed by atoms with Gasteiger partial charge >= 0.3 is 5.97 Å². The van der Waals surface area contributed by atoms with Crippen molar-refractivity contribution in [2.75, 3.05) is 19.0 Å². The van der Waals surface area contributed by atoms with Crippen molar-refractivity contribution in [3.8, 4) is 11.5 Å². The minimum absolute atomic E-state index is 0.626. The fourth-order valence-corrected chi connectivity index (χ4v) is 2.97. The molecule has 1 aliphatic heterocycles. The molecule has 0 atom stereocenters. The molecule has 0 radical (unpaired) electrons. The number of benzene rings is 1. The van der Waals surface area contributed by atoms with E-state index in [-0.39, 0.29) is 0 Å². The summed E-state index contributed by atoms with van der Waals surface area (Å²) in [6.45, 7) is 4.87. The third kappa shape index (κ3) is 3.82. The van der Waals surface area contributed by atoms with E-state index in [1.165, 1.54) is 0 Å². The number of hydrogen-bond acceptors (Lipinski definition) is 4. The molecule has 1 aromatic rings. The maximum Gasteiger partial charge on any atom is 0.309 e. The zero-order valence-electron chi connectivity index (χ0n) is 11.8. The van der Waals surface area contributed by atoms with Crippen LogP contribution in [-0.2, 0) is 4.79 Å². The molecule has 1 N–H and O–H groups in total. The van der Waals surface area contributed by atoms with E-state index in [0.717, 1.165) is 28.6 Å². The number of carbonyl (C=O) groups is 1. The SMILES string of the molecule is CC(C)(CCSc1ccc2c(c1)OCCCO2)C(=O)O. The predicted molar refractivity (Wildman–Crippen MR) is 78.8 cm³/mol. The summed E-state index contributed by atoms with van der Waals surface area (Å²) < 4.78 is 11.2. The van der Waals surface area contributed by atoms with Gasteiger partial charge in [-0.25, -0.2) is 0 Å². The number of aliphatic carboxylic acids is 1. The van der Waals surface area contributed by atoms with E-state index < -0.39 is 11.4 Å². The zero-order chi connectivity index (χ0) is 14.6. The maximum atomic E-state index is 11.0. The second-order valence-electron chi connectivity index (χ2n) is 5.45. The lowest BCUT2D eigenvalue weighted by Gasteiger charge is -2.18. The molecule has 0 fully saturated rings. The van der Waals surface area contributed by atoms with Crippen LogP contribution in [0.1, 0.15) is 26.7 Å². The summed E-state index contributed by atoms with van der Waals surface area (Å²) in [6.07, 6.45) is 1.52. The molecule has 20 heavy (non-hydrogen) atoms. The van der Waals surface area contributed by atoms with Gasteiger partial charge in [0.05, 0.1) is 18.6 Å². The largest absolute Gasteiger partial charge is 0.490 e. The smallest absolute Gasteiger partial charge is 0.309 e. The van der Waals surface area contributed by atoms with Crippen LogP contribution in [0.4, 0.5) is 0 Å². The topological polar surface area (TPSA) is 55.8 Å². The summed E-state index contributed by atoms with van der Waals surface area (Å²) in [5.74, 6) is 1.58. The molecule has 0 aliphatic carbocycles. The monoisotopic (exact) mass is 296 g/mol. The van der Waals surface area contributed by atoms with Crippen LogP contribution in [0.3, 0.4) is 0 Å². The van der Waals surface area contributed by atoms with E-state index in [1.54, 1.807) is 25.6 Å². The molecule has 0 amide bonds. The van der Waals surface area contributed by atoms with Gasteiger partial charge in [-0.3, -0.25) is 4.79 Å².